The molecule has 0 saturated heterocycles. The number of fused-ring (bicyclic) bond motifs is 1. The average Bonchev–Trinajstić information content (AvgIpc) is 3.14. The molecule has 29 heavy (non-hydrogen) atoms. The number of benzene rings is 2. The number of nitrogens with one attached hydrogen (secondary N) is 1. The van der Waals surface area contributed by atoms with E-state index in [2.05, 4.69) is 45.2 Å². The Balaban J connectivity index is 2.02. The maximum Gasteiger partial charge on any atom is 0.174 e. The second-order valence-corrected chi connectivity index (χ2v) is 7.16. The molecule has 0 aliphatic heterocycles. The number of halogens is 1. The zero-order valence-corrected chi connectivity index (χ0v) is 18.3. The molecule has 2 aromatic carbocycles. The lowest BCUT2D eigenvalue weighted by atomic mass is 10.1. The number of nitrogens with zero attached hydrogens (tertiary/aromatic N) is 2. The summed E-state index contributed by atoms with van der Waals surface area (Å²) in [5, 5.41) is 9.71. The fourth-order valence-corrected chi connectivity index (χ4v) is 3.56. The van der Waals surface area contributed by atoms with E-state index >= 15 is 0 Å². The number of aromatic nitrogens is 2. The van der Waals surface area contributed by atoms with Crippen molar-refractivity contribution in [3.63, 3.8) is 0 Å². The van der Waals surface area contributed by atoms with Crippen LogP contribution in [0.25, 0.3) is 22.7 Å². The van der Waals surface area contributed by atoms with Crippen LogP contribution in [0.5, 0.6) is 17.2 Å². The minimum Gasteiger partial charge on any atom is -0.497 e. The molecule has 1 aromatic heterocycles. The Morgan fingerprint density at radius 1 is 1.31 bits per heavy atom. The molecule has 0 unspecified atom stereocenters. The molecular weight excluding hydrogens is 481 g/mol. The summed E-state index contributed by atoms with van der Waals surface area (Å²) in [7, 11) is 1.61. The van der Waals surface area contributed by atoms with Gasteiger partial charge < -0.3 is 19.2 Å². The van der Waals surface area contributed by atoms with Gasteiger partial charge in [-0.2, -0.15) is 5.26 Å². The monoisotopic (exact) mass is 501 g/mol. The van der Waals surface area contributed by atoms with Crippen molar-refractivity contribution < 1.29 is 14.2 Å². The molecule has 148 valence electrons. The number of aromatic amines is 1. The quantitative estimate of drug-likeness (QED) is 0.261. The number of rotatable bonds is 8. The van der Waals surface area contributed by atoms with Crippen molar-refractivity contribution >= 4 is 45.3 Å². The number of methoxy groups -OCH3 is 1. The topological polar surface area (TPSA) is 80.2 Å². The van der Waals surface area contributed by atoms with Crippen LogP contribution in [0.1, 0.15) is 18.3 Å². The van der Waals surface area contributed by atoms with Crippen LogP contribution < -0.4 is 14.2 Å². The van der Waals surface area contributed by atoms with Crippen molar-refractivity contribution in [1.82, 2.24) is 9.97 Å². The fraction of sp³-hybridized carbons (Fsp3) is 0.182. The van der Waals surface area contributed by atoms with Crippen molar-refractivity contribution in [1.29, 1.82) is 5.26 Å². The molecule has 0 bridgehead atoms. The van der Waals surface area contributed by atoms with Gasteiger partial charge in [-0.1, -0.05) is 12.7 Å². The second-order valence-electron chi connectivity index (χ2n) is 6.00. The van der Waals surface area contributed by atoms with Crippen LogP contribution in [0.2, 0.25) is 0 Å². The van der Waals surface area contributed by atoms with E-state index in [1.807, 2.05) is 37.3 Å². The number of allylic oxidation sites excluding steroid dienone is 1. The summed E-state index contributed by atoms with van der Waals surface area (Å²) in [5.74, 6) is 2.51. The highest BCUT2D eigenvalue weighted by atomic mass is 127. The summed E-state index contributed by atoms with van der Waals surface area (Å²) in [6.07, 6.45) is 3.46. The summed E-state index contributed by atoms with van der Waals surface area (Å²) in [6.45, 7) is 6.48. The normalized spacial score (nSPS) is 11.2. The van der Waals surface area contributed by atoms with Gasteiger partial charge in [0.25, 0.3) is 0 Å². The molecule has 0 radical (unpaired) electrons. The molecule has 6 nitrogen and oxygen atoms in total. The third-order valence-corrected chi connectivity index (χ3v) is 4.85. The van der Waals surface area contributed by atoms with Gasteiger partial charge in [-0.3, -0.25) is 0 Å². The molecule has 3 rings (SSSR count). The van der Waals surface area contributed by atoms with Crippen LogP contribution in [0, 0.1) is 14.9 Å². The Morgan fingerprint density at radius 3 is 2.83 bits per heavy atom. The molecule has 0 spiro atoms. The van der Waals surface area contributed by atoms with E-state index in [-0.39, 0.29) is 0 Å². The van der Waals surface area contributed by atoms with E-state index in [4.69, 9.17) is 14.2 Å². The first-order valence-corrected chi connectivity index (χ1v) is 10.0. The first-order chi connectivity index (χ1) is 14.1. The van der Waals surface area contributed by atoms with Crippen molar-refractivity contribution in [2.24, 2.45) is 0 Å². The fourth-order valence-electron chi connectivity index (χ4n) is 2.78. The third kappa shape index (κ3) is 4.71. The molecule has 1 heterocycles. The van der Waals surface area contributed by atoms with Crippen molar-refractivity contribution in [3.8, 4) is 23.3 Å². The van der Waals surface area contributed by atoms with Gasteiger partial charge in [-0.15, -0.1) is 0 Å². The largest absolute Gasteiger partial charge is 0.497 e. The predicted octanol–water partition coefficient (Wildman–Crippen LogP) is 5.20. The molecule has 1 N–H and O–H groups in total. The predicted molar refractivity (Wildman–Crippen MR) is 122 cm³/mol. The van der Waals surface area contributed by atoms with Gasteiger partial charge in [0.15, 0.2) is 11.5 Å². The lowest BCUT2D eigenvalue weighted by Crippen LogP contribution is -2.01. The second kappa shape index (κ2) is 9.47. The summed E-state index contributed by atoms with van der Waals surface area (Å²) < 4.78 is 17.6. The van der Waals surface area contributed by atoms with Crippen molar-refractivity contribution in [2.45, 2.75) is 6.92 Å². The van der Waals surface area contributed by atoms with E-state index in [9.17, 15) is 5.26 Å². The zero-order valence-electron chi connectivity index (χ0n) is 16.2. The molecular formula is C22H20IN3O3. The van der Waals surface area contributed by atoms with Crippen LogP contribution in [0.15, 0.2) is 43.0 Å². The van der Waals surface area contributed by atoms with Crippen LogP contribution in [0.4, 0.5) is 0 Å². The lowest BCUT2D eigenvalue weighted by Gasteiger charge is -2.13. The van der Waals surface area contributed by atoms with Gasteiger partial charge in [-0.25, -0.2) is 4.98 Å². The average molecular weight is 501 g/mol. The molecule has 7 heteroatoms. The van der Waals surface area contributed by atoms with E-state index in [0.717, 1.165) is 25.9 Å². The number of hydrogen-bond donors (Lipinski definition) is 1. The first-order valence-electron chi connectivity index (χ1n) is 8.95. The standard InChI is InChI=1S/C22H20IN3O3/c1-4-8-29-21-17(23)10-14(11-20(21)28-5-2)9-15(13-24)22-25-18-7-6-16(27-3)12-19(18)26-22/h4,6-7,9-12H,1,5,8H2,2-3H3,(H,25,26)/b15-9-. The zero-order chi connectivity index (χ0) is 20.8. The number of nitriles is 1. The Labute approximate surface area is 182 Å². The molecule has 0 fully saturated rings. The summed E-state index contributed by atoms with van der Waals surface area (Å²) in [4.78, 5) is 7.71. The first kappa shape index (κ1) is 20.7. The number of ether oxygens (including phenoxy) is 3. The van der Waals surface area contributed by atoms with Crippen molar-refractivity contribution in [2.75, 3.05) is 20.3 Å². The Morgan fingerprint density at radius 2 is 2.14 bits per heavy atom. The highest BCUT2D eigenvalue weighted by Gasteiger charge is 2.13. The van der Waals surface area contributed by atoms with Gasteiger partial charge in [0.1, 0.15) is 24.3 Å². The van der Waals surface area contributed by atoms with Gasteiger partial charge in [0.2, 0.25) is 0 Å². The van der Waals surface area contributed by atoms with E-state index < -0.39 is 0 Å². The number of hydrogen-bond acceptors (Lipinski definition) is 5. The highest BCUT2D eigenvalue weighted by Crippen LogP contribution is 2.35. The molecule has 0 saturated carbocycles. The van der Waals surface area contributed by atoms with Gasteiger partial charge >= 0.3 is 0 Å². The SMILES string of the molecule is C=CCOc1c(I)cc(/C=C(/C#N)c2nc3ccc(OC)cc3[nH]2)cc1OCC. The Hall–Kier alpha value is -2.99. The minimum absolute atomic E-state index is 0.386. The smallest absolute Gasteiger partial charge is 0.174 e. The molecule has 3 aromatic rings. The number of imidazole rings is 1. The van der Waals surface area contributed by atoms with E-state index in [1.54, 1.807) is 19.3 Å². The van der Waals surface area contributed by atoms with Crippen molar-refractivity contribution in [3.05, 3.63) is 57.9 Å². The Kier molecular flexibility index (Phi) is 6.77. The molecule has 0 atom stereocenters. The Bertz CT molecular complexity index is 1110. The van der Waals surface area contributed by atoms with E-state index in [0.29, 0.717) is 36.1 Å². The molecule has 0 amide bonds. The van der Waals surface area contributed by atoms with Gasteiger partial charge in [0.05, 0.1) is 33.9 Å². The van der Waals surface area contributed by atoms with Gasteiger partial charge in [0, 0.05) is 6.07 Å². The summed E-state index contributed by atoms with van der Waals surface area (Å²) >= 11 is 2.19. The summed E-state index contributed by atoms with van der Waals surface area (Å²) in [5.41, 5.74) is 2.80. The van der Waals surface area contributed by atoms with E-state index in [1.165, 1.54) is 0 Å². The maximum atomic E-state index is 9.71. The van der Waals surface area contributed by atoms with Gasteiger partial charge in [-0.05, 0) is 65.4 Å². The number of H-pyrrole nitrogens is 1. The van der Waals surface area contributed by atoms with Crippen LogP contribution >= 0.6 is 22.6 Å². The van der Waals surface area contributed by atoms with Crippen LogP contribution in [0.3, 0.4) is 0 Å². The third-order valence-electron chi connectivity index (χ3n) is 4.05. The minimum atomic E-state index is 0.386. The van der Waals surface area contributed by atoms with Crippen LogP contribution in [-0.2, 0) is 0 Å². The summed E-state index contributed by atoms with van der Waals surface area (Å²) in [6, 6.07) is 11.6. The van der Waals surface area contributed by atoms with Crippen LogP contribution in [-0.4, -0.2) is 30.3 Å². The lowest BCUT2D eigenvalue weighted by molar-refractivity contribution is 0.295. The highest BCUT2D eigenvalue weighted by molar-refractivity contribution is 14.1. The molecule has 0 aliphatic carbocycles. The molecule has 0 aliphatic rings. The maximum absolute atomic E-state index is 9.71.